The summed E-state index contributed by atoms with van der Waals surface area (Å²) in [5.74, 6) is 0.0542. The minimum absolute atomic E-state index is 0.0932. The second kappa shape index (κ2) is 5.39. The number of allylic oxidation sites excluding steroid dienone is 1. The maximum absolute atomic E-state index is 13.3. The molecule has 0 bridgehead atoms. The largest absolute Gasteiger partial charge is 0.440 e. The maximum Gasteiger partial charge on any atom is 0.205 e. The van der Waals surface area contributed by atoms with Crippen LogP contribution in [0.5, 0.6) is 5.75 Å². The lowest BCUT2D eigenvalue weighted by Gasteiger charge is -2.27. The summed E-state index contributed by atoms with van der Waals surface area (Å²) in [7, 11) is 0. The van der Waals surface area contributed by atoms with Crippen molar-refractivity contribution < 1.29 is 9.13 Å². The first kappa shape index (κ1) is 14.3. The lowest BCUT2D eigenvalue weighted by Crippen LogP contribution is -2.21. The molecule has 1 heterocycles. The van der Waals surface area contributed by atoms with Crippen molar-refractivity contribution in [3.8, 4) is 11.8 Å². The Kier molecular flexibility index (Phi) is 3.21. The molecule has 1 aliphatic rings. The SMILES string of the molecule is N#CC1=C(N)Oc2c(ccc3ccccc23)[C@@H]1c1ccc(F)cc1. The van der Waals surface area contributed by atoms with Crippen molar-refractivity contribution in [3.63, 3.8) is 0 Å². The summed E-state index contributed by atoms with van der Waals surface area (Å²) in [5, 5.41) is 11.5. The van der Waals surface area contributed by atoms with Crippen molar-refractivity contribution in [1.82, 2.24) is 0 Å². The molecule has 0 radical (unpaired) electrons. The normalized spacial score (nSPS) is 16.4. The molecule has 1 aliphatic heterocycles. The summed E-state index contributed by atoms with van der Waals surface area (Å²) in [5.41, 5.74) is 8.01. The van der Waals surface area contributed by atoms with E-state index in [1.807, 2.05) is 36.4 Å². The van der Waals surface area contributed by atoms with E-state index in [0.717, 1.165) is 21.9 Å². The van der Waals surface area contributed by atoms with Gasteiger partial charge in [0.25, 0.3) is 0 Å². The molecule has 3 nitrogen and oxygen atoms in total. The van der Waals surface area contributed by atoms with Gasteiger partial charge in [0.05, 0.1) is 5.92 Å². The highest BCUT2D eigenvalue weighted by atomic mass is 19.1. The van der Waals surface area contributed by atoms with Crippen LogP contribution in [0.3, 0.4) is 0 Å². The van der Waals surface area contributed by atoms with Crippen molar-refractivity contribution in [2.45, 2.75) is 5.92 Å². The quantitative estimate of drug-likeness (QED) is 0.732. The van der Waals surface area contributed by atoms with Crippen LogP contribution < -0.4 is 10.5 Å². The van der Waals surface area contributed by atoms with Gasteiger partial charge in [-0.05, 0) is 23.1 Å². The minimum Gasteiger partial charge on any atom is -0.440 e. The summed E-state index contributed by atoms with van der Waals surface area (Å²) in [6, 6.07) is 20.0. The molecule has 0 saturated carbocycles. The number of nitriles is 1. The predicted octanol–water partition coefficient (Wildman–Crippen LogP) is 4.20. The Hall–Kier alpha value is -3.32. The topological polar surface area (TPSA) is 59.0 Å². The number of benzene rings is 3. The lowest BCUT2D eigenvalue weighted by atomic mass is 9.82. The number of rotatable bonds is 1. The van der Waals surface area contributed by atoms with Crippen LogP contribution in [0.25, 0.3) is 10.8 Å². The predicted molar refractivity (Wildman–Crippen MR) is 89.6 cm³/mol. The molecule has 2 N–H and O–H groups in total. The number of nitrogens with two attached hydrogens (primary N) is 1. The Morgan fingerprint density at radius 2 is 1.75 bits per heavy atom. The van der Waals surface area contributed by atoms with E-state index in [0.29, 0.717) is 11.3 Å². The fraction of sp³-hybridized carbons (Fsp3) is 0.0500. The Balaban J connectivity index is 2.00. The van der Waals surface area contributed by atoms with Gasteiger partial charge in [-0.1, -0.05) is 48.5 Å². The van der Waals surface area contributed by atoms with Crippen LogP contribution in [0.4, 0.5) is 4.39 Å². The van der Waals surface area contributed by atoms with Gasteiger partial charge < -0.3 is 10.5 Å². The van der Waals surface area contributed by atoms with Crippen molar-refractivity contribution in [2.24, 2.45) is 5.73 Å². The third-order valence-corrected chi connectivity index (χ3v) is 4.31. The van der Waals surface area contributed by atoms with Crippen LogP contribution in [0.15, 0.2) is 72.1 Å². The number of halogens is 1. The third kappa shape index (κ3) is 2.10. The van der Waals surface area contributed by atoms with Crippen LogP contribution in [0, 0.1) is 17.1 Å². The number of nitrogens with zero attached hydrogens (tertiary/aromatic N) is 1. The first-order valence-corrected chi connectivity index (χ1v) is 7.53. The Morgan fingerprint density at radius 1 is 1.00 bits per heavy atom. The molecule has 3 aromatic rings. The van der Waals surface area contributed by atoms with Crippen molar-refractivity contribution in [1.29, 1.82) is 5.26 Å². The molecule has 1 atom stereocenters. The zero-order valence-electron chi connectivity index (χ0n) is 12.7. The van der Waals surface area contributed by atoms with Crippen molar-refractivity contribution >= 4 is 10.8 Å². The van der Waals surface area contributed by atoms with Gasteiger partial charge in [0.1, 0.15) is 23.2 Å². The van der Waals surface area contributed by atoms with Gasteiger partial charge in [0.2, 0.25) is 5.88 Å². The molecule has 0 aliphatic carbocycles. The summed E-state index contributed by atoms with van der Waals surface area (Å²) in [4.78, 5) is 0. The first-order valence-electron chi connectivity index (χ1n) is 7.53. The minimum atomic E-state index is -0.371. The summed E-state index contributed by atoms with van der Waals surface area (Å²) >= 11 is 0. The van der Waals surface area contributed by atoms with E-state index in [-0.39, 0.29) is 17.6 Å². The van der Waals surface area contributed by atoms with Gasteiger partial charge >= 0.3 is 0 Å². The molecule has 0 saturated heterocycles. The second-order valence-electron chi connectivity index (χ2n) is 5.68. The van der Waals surface area contributed by atoms with Gasteiger partial charge in [-0.2, -0.15) is 5.26 Å². The van der Waals surface area contributed by atoms with E-state index in [1.54, 1.807) is 12.1 Å². The van der Waals surface area contributed by atoms with Crippen LogP contribution in [-0.2, 0) is 0 Å². The molecule has 116 valence electrons. The van der Waals surface area contributed by atoms with Crippen LogP contribution in [0.1, 0.15) is 17.0 Å². The third-order valence-electron chi connectivity index (χ3n) is 4.31. The second-order valence-corrected chi connectivity index (χ2v) is 5.68. The van der Waals surface area contributed by atoms with E-state index >= 15 is 0 Å². The van der Waals surface area contributed by atoms with Gasteiger partial charge in [0.15, 0.2) is 0 Å². The fourth-order valence-electron chi connectivity index (χ4n) is 3.18. The highest BCUT2D eigenvalue weighted by Crippen LogP contribution is 2.45. The van der Waals surface area contributed by atoms with E-state index in [2.05, 4.69) is 6.07 Å². The van der Waals surface area contributed by atoms with Crippen molar-refractivity contribution in [2.75, 3.05) is 0 Å². The molecule has 4 rings (SSSR count). The van der Waals surface area contributed by atoms with E-state index in [9.17, 15) is 9.65 Å². The number of fused-ring (bicyclic) bond motifs is 3. The van der Waals surface area contributed by atoms with E-state index < -0.39 is 0 Å². The smallest absolute Gasteiger partial charge is 0.205 e. The molecular weight excluding hydrogens is 303 g/mol. The lowest BCUT2D eigenvalue weighted by molar-refractivity contribution is 0.398. The highest BCUT2D eigenvalue weighted by Gasteiger charge is 2.31. The molecule has 0 amide bonds. The molecular formula is C20H13FN2O. The van der Waals surface area contributed by atoms with Gasteiger partial charge in [-0.15, -0.1) is 0 Å². The fourth-order valence-corrected chi connectivity index (χ4v) is 3.18. The number of ether oxygens (including phenoxy) is 1. The molecule has 0 aromatic heterocycles. The average molecular weight is 316 g/mol. The summed E-state index contributed by atoms with van der Waals surface area (Å²) in [6.07, 6.45) is 0. The molecule has 24 heavy (non-hydrogen) atoms. The zero-order valence-corrected chi connectivity index (χ0v) is 12.7. The highest BCUT2D eigenvalue weighted by molar-refractivity contribution is 5.90. The Morgan fingerprint density at radius 3 is 2.50 bits per heavy atom. The van der Waals surface area contributed by atoms with Gasteiger partial charge in [-0.25, -0.2) is 4.39 Å². The number of hydrogen-bond acceptors (Lipinski definition) is 3. The van der Waals surface area contributed by atoms with Crippen molar-refractivity contribution in [3.05, 3.63) is 89.1 Å². The molecule has 4 heteroatoms. The zero-order chi connectivity index (χ0) is 16.7. The van der Waals surface area contributed by atoms with Gasteiger partial charge in [0, 0.05) is 10.9 Å². The Labute approximate surface area is 138 Å². The van der Waals surface area contributed by atoms with Crippen LogP contribution in [0.2, 0.25) is 0 Å². The molecule has 0 fully saturated rings. The van der Waals surface area contributed by atoms with Gasteiger partial charge in [-0.3, -0.25) is 0 Å². The van der Waals surface area contributed by atoms with E-state index in [4.69, 9.17) is 10.5 Å². The first-order chi connectivity index (χ1) is 11.7. The van der Waals surface area contributed by atoms with Crippen LogP contribution >= 0.6 is 0 Å². The van der Waals surface area contributed by atoms with Crippen LogP contribution in [-0.4, -0.2) is 0 Å². The Bertz CT molecular complexity index is 1020. The maximum atomic E-state index is 13.3. The summed E-state index contributed by atoms with van der Waals surface area (Å²) in [6.45, 7) is 0. The standard InChI is InChI=1S/C20H13FN2O/c21-14-8-5-13(6-9-14)18-16-10-7-12-3-1-2-4-15(12)19(16)24-20(23)17(18)11-22/h1-10,18H,23H2/t18-/m0/s1. The molecule has 3 aromatic carbocycles. The van der Waals surface area contributed by atoms with E-state index in [1.165, 1.54) is 12.1 Å². The average Bonchev–Trinajstić information content (AvgIpc) is 2.61. The molecule has 0 unspecified atom stereocenters. The monoisotopic (exact) mass is 316 g/mol. The molecule has 0 spiro atoms. The summed E-state index contributed by atoms with van der Waals surface area (Å²) < 4.78 is 19.1. The number of hydrogen-bond donors (Lipinski definition) is 1.